The van der Waals surface area contributed by atoms with Gasteiger partial charge in [-0.2, -0.15) is 0 Å². The Bertz CT molecular complexity index is 1280. The summed E-state index contributed by atoms with van der Waals surface area (Å²) >= 11 is 0. The zero-order valence-electron chi connectivity index (χ0n) is 19.4. The van der Waals surface area contributed by atoms with E-state index in [2.05, 4.69) is 76.2 Å². The van der Waals surface area contributed by atoms with E-state index in [9.17, 15) is 15.0 Å². The minimum atomic E-state index is -1.15. The zero-order valence-corrected chi connectivity index (χ0v) is 19.4. The van der Waals surface area contributed by atoms with Crippen LogP contribution in [0.5, 0.6) is 5.75 Å². The van der Waals surface area contributed by atoms with Crippen molar-refractivity contribution < 1.29 is 15.0 Å². The molecule has 0 fully saturated rings. The lowest BCUT2D eigenvalue weighted by molar-refractivity contribution is 0.0693. The fourth-order valence-electron chi connectivity index (χ4n) is 4.88. The Balaban J connectivity index is 2.27. The Hall–Kier alpha value is -3.85. The Morgan fingerprint density at radius 3 is 1.73 bits per heavy atom. The molecule has 0 heterocycles. The minimum Gasteiger partial charge on any atom is -0.507 e. The highest BCUT2D eigenvalue weighted by atomic mass is 16.4. The lowest BCUT2D eigenvalue weighted by Crippen LogP contribution is -2.33. The number of hydrogen-bond acceptors (Lipinski definition) is 2. The maximum atomic E-state index is 12.0. The molecule has 3 heteroatoms. The Labute approximate surface area is 195 Å². The highest BCUT2D eigenvalue weighted by Gasteiger charge is 2.41. The fraction of sp³-hybridized carbons (Fsp3) is 0.167. The third-order valence-corrected chi connectivity index (χ3v) is 6.88. The average molecular weight is 437 g/mol. The smallest absolute Gasteiger partial charge is 0.339 e. The maximum Gasteiger partial charge on any atom is 0.339 e. The van der Waals surface area contributed by atoms with Gasteiger partial charge in [0.2, 0.25) is 0 Å². The summed E-state index contributed by atoms with van der Waals surface area (Å²) in [6.45, 7) is 8.42. The average Bonchev–Trinajstić information content (AvgIpc) is 2.81. The third-order valence-electron chi connectivity index (χ3n) is 6.88. The number of hydrogen-bond donors (Lipinski definition) is 2. The summed E-state index contributed by atoms with van der Waals surface area (Å²) < 4.78 is 0. The topological polar surface area (TPSA) is 57.5 Å². The number of carbonyl (C=O) groups is 1. The van der Waals surface area contributed by atoms with Gasteiger partial charge in [0.25, 0.3) is 0 Å². The first-order valence-electron chi connectivity index (χ1n) is 11.0. The lowest BCUT2D eigenvalue weighted by Gasteiger charge is -2.39. The van der Waals surface area contributed by atoms with Crippen LogP contribution in [-0.2, 0) is 5.41 Å². The standard InChI is InChI=1S/C30H28O3/c1-19-10-8-14-26(21(19)3)30(23-12-6-5-7-13-23,27-15-9-11-20(2)22(27)4)24-16-17-28(31)25(18-24)29(32)33/h5-18,31H,1-4H3,(H,32,33). The zero-order chi connectivity index (χ0) is 23.8. The van der Waals surface area contributed by atoms with Gasteiger partial charge in [-0.3, -0.25) is 0 Å². The quantitative estimate of drug-likeness (QED) is 0.342. The molecular formula is C30H28O3. The molecule has 0 unspecified atom stereocenters. The van der Waals surface area contributed by atoms with Gasteiger partial charge in [-0.05, 0) is 84.3 Å². The molecule has 0 aromatic heterocycles. The van der Waals surface area contributed by atoms with Crippen LogP contribution < -0.4 is 0 Å². The number of carboxylic acid groups (broad SMARTS) is 1. The lowest BCUT2D eigenvalue weighted by atomic mass is 9.62. The Morgan fingerprint density at radius 2 is 1.21 bits per heavy atom. The van der Waals surface area contributed by atoms with Crippen LogP contribution in [0.1, 0.15) is 54.9 Å². The molecule has 0 spiro atoms. The summed E-state index contributed by atoms with van der Waals surface area (Å²) in [6, 6.07) is 27.7. The van der Waals surface area contributed by atoms with Crippen molar-refractivity contribution in [2.24, 2.45) is 0 Å². The van der Waals surface area contributed by atoms with Gasteiger partial charge >= 0.3 is 5.97 Å². The second kappa shape index (κ2) is 8.59. The number of aromatic carboxylic acids is 1. The van der Waals surface area contributed by atoms with Crippen LogP contribution in [0.15, 0.2) is 84.9 Å². The SMILES string of the molecule is Cc1cccc(C(c2ccccc2)(c2ccc(O)c(C(=O)O)c2)c2cccc(C)c2C)c1C. The molecule has 4 aromatic carbocycles. The van der Waals surface area contributed by atoms with E-state index in [1.807, 2.05) is 24.3 Å². The van der Waals surface area contributed by atoms with Gasteiger partial charge in [0.15, 0.2) is 0 Å². The number of rotatable bonds is 5. The Morgan fingerprint density at radius 1 is 0.667 bits per heavy atom. The van der Waals surface area contributed by atoms with Crippen molar-refractivity contribution in [2.75, 3.05) is 0 Å². The predicted molar refractivity (Wildman–Crippen MR) is 132 cm³/mol. The van der Waals surface area contributed by atoms with Crippen LogP contribution in [0.25, 0.3) is 0 Å². The van der Waals surface area contributed by atoms with Crippen molar-refractivity contribution in [3.05, 3.63) is 135 Å². The van der Waals surface area contributed by atoms with Crippen LogP contribution >= 0.6 is 0 Å². The van der Waals surface area contributed by atoms with Crippen LogP contribution in [-0.4, -0.2) is 16.2 Å². The van der Waals surface area contributed by atoms with E-state index < -0.39 is 11.4 Å². The number of carboxylic acids is 1. The van der Waals surface area contributed by atoms with Crippen LogP contribution in [0.3, 0.4) is 0 Å². The monoisotopic (exact) mass is 436 g/mol. The first kappa shape index (κ1) is 22.3. The van der Waals surface area contributed by atoms with E-state index in [1.54, 1.807) is 6.07 Å². The van der Waals surface area contributed by atoms with Crippen molar-refractivity contribution in [3.63, 3.8) is 0 Å². The molecule has 0 aliphatic heterocycles. The van der Waals surface area contributed by atoms with Crippen molar-refractivity contribution in [1.82, 2.24) is 0 Å². The van der Waals surface area contributed by atoms with Crippen molar-refractivity contribution in [2.45, 2.75) is 33.1 Å². The molecule has 33 heavy (non-hydrogen) atoms. The minimum absolute atomic E-state index is 0.108. The molecule has 4 rings (SSSR count). The largest absolute Gasteiger partial charge is 0.507 e. The van der Waals surface area contributed by atoms with E-state index in [-0.39, 0.29) is 11.3 Å². The number of phenols is 1. The van der Waals surface area contributed by atoms with E-state index in [1.165, 1.54) is 6.07 Å². The molecule has 2 N–H and O–H groups in total. The first-order chi connectivity index (χ1) is 15.8. The molecule has 0 radical (unpaired) electrons. The maximum absolute atomic E-state index is 12.0. The molecule has 0 aliphatic rings. The molecule has 0 saturated heterocycles. The Kier molecular flexibility index (Phi) is 5.82. The summed E-state index contributed by atoms with van der Waals surface area (Å²) in [4.78, 5) is 12.0. The molecule has 166 valence electrons. The van der Waals surface area contributed by atoms with Gasteiger partial charge < -0.3 is 10.2 Å². The molecule has 4 aromatic rings. The van der Waals surface area contributed by atoms with E-state index in [0.717, 1.165) is 44.5 Å². The van der Waals surface area contributed by atoms with Gasteiger partial charge in [-0.25, -0.2) is 4.79 Å². The third kappa shape index (κ3) is 3.60. The predicted octanol–water partition coefficient (Wildman–Crippen LogP) is 6.71. The summed E-state index contributed by atoms with van der Waals surface area (Å²) in [6.07, 6.45) is 0. The van der Waals surface area contributed by atoms with Gasteiger partial charge in [-0.1, -0.05) is 72.8 Å². The normalized spacial score (nSPS) is 11.4. The van der Waals surface area contributed by atoms with E-state index in [4.69, 9.17) is 0 Å². The van der Waals surface area contributed by atoms with Crippen molar-refractivity contribution in [1.29, 1.82) is 0 Å². The summed E-state index contributed by atoms with van der Waals surface area (Å²) in [5.74, 6) is -1.40. The van der Waals surface area contributed by atoms with Crippen LogP contribution in [0.4, 0.5) is 0 Å². The first-order valence-corrected chi connectivity index (χ1v) is 11.0. The van der Waals surface area contributed by atoms with Gasteiger partial charge in [0.1, 0.15) is 11.3 Å². The highest BCUT2D eigenvalue weighted by molar-refractivity contribution is 5.91. The van der Waals surface area contributed by atoms with Gasteiger partial charge in [0, 0.05) is 0 Å². The van der Waals surface area contributed by atoms with Gasteiger partial charge in [0.05, 0.1) is 5.41 Å². The van der Waals surface area contributed by atoms with Gasteiger partial charge in [-0.15, -0.1) is 0 Å². The van der Waals surface area contributed by atoms with Crippen LogP contribution in [0, 0.1) is 27.7 Å². The van der Waals surface area contributed by atoms with E-state index in [0.29, 0.717) is 0 Å². The van der Waals surface area contributed by atoms with E-state index >= 15 is 0 Å². The molecule has 0 saturated carbocycles. The second-order valence-electron chi connectivity index (χ2n) is 8.65. The number of benzene rings is 4. The molecular weight excluding hydrogens is 408 g/mol. The molecule has 0 amide bonds. The van der Waals surface area contributed by atoms with Crippen molar-refractivity contribution in [3.8, 4) is 5.75 Å². The molecule has 3 nitrogen and oxygen atoms in total. The number of aryl methyl sites for hydroxylation is 2. The number of aromatic hydroxyl groups is 1. The van der Waals surface area contributed by atoms with Crippen LogP contribution in [0.2, 0.25) is 0 Å². The second-order valence-corrected chi connectivity index (χ2v) is 8.65. The summed E-state index contributed by atoms with van der Waals surface area (Å²) in [5, 5.41) is 20.1. The fourth-order valence-corrected chi connectivity index (χ4v) is 4.88. The molecule has 0 bridgehead atoms. The molecule has 0 atom stereocenters. The summed E-state index contributed by atoms with van der Waals surface area (Å²) in [5.41, 5.74) is 7.74. The summed E-state index contributed by atoms with van der Waals surface area (Å²) in [7, 11) is 0. The molecule has 0 aliphatic carbocycles. The van der Waals surface area contributed by atoms with Crippen molar-refractivity contribution >= 4 is 5.97 Å². The highest BCUT2D eigenvalue weighted by Crippen LogP contribution is 2.48.